The summed E-state index contributed by atoms with van der Waals surface area (Å²) in [4.78, 5) is 0. The molecule has 0 heterocycles. The SMILES string of the molecule is OB(O)[SiH3]. The van der Waals surface area contributed by atoms with Crippen molar-refractivity contribution in [2.45, 2.75) is 0 Å². The van der Waals surface area contributed by atoms with Gasteiger partial charge in [-0.05, 0) is 0 Å². The molecular formula is H5BO2Si. The molecule has 0 bridgehead atoms. The molecule has 0 aromatic heterocycles. The van der Waals surface area contributed by atoms with Gasteiger partial charge in [0.1, 0.15) is 0 Å². The summed E-state index contributed by atoms with van der Waals surface area (Å²) in [6.07, 6.45) is 0. The molecule has 24 valence electrons. The van der Waals surface area contributed by atoms with Gasteiger partial charge in [0.15, 0.2) is 0 Å². The van der Waals surface area contributed by atoms with Crippen LogP contribution in [0.5, 0.6) is 0 Å². The summed E-state index contributed by atoms with van der Waals surface area (Å²) in [7, 11) is 0.460. The van der Waals surface area contributed by atoms with Gasteiger partial charge in [0.05, 0.1) is 10.1 Å². The van der Waals surface area contributed by atoms with Crippen molar-refractivity contribution < 1.29 is 10.0 Å². The lowest BCUT2D eigenvalue weighted by Gasteiger charge is -1.71. The molecule has 0 rings (SSSR count). The van der Waals surface area contributed by atoms with Gasteiger partial charge in [-0.2, -0.15) is 0 Å². The fourth-order valence-corrected chi connectivity index (χ4v) is 0. The van der Waals surface area contributed by atoms with Gasteiger partial charge < -0.3 is 10.0 Å². The lowest BCUT2D eigenvalue weighted by atomic mass is 10.4. The van der Waals surface area contributed by atoms with Crippen LogP contribution in [0.2, 0.25) is 0 Å². The fourth-order valence-electron chi connectivity index (χ4n) is 0. The highest BCUT2D eigenvalue weighted by Gasteiger charge is 1.85. The lowest BCUT2D eigenvalue weighted by Crippen LogP contribution is -2.08. The summed E-state index contributed by atoms with van der Waals surface area (Å²) in [5, 5.41) is 15.3. The summed E-state index contributed by atoms with van der Waals surface area (Å²) in [5.74, 6) is 0. The second-order valence-corrected chi connectivity index (χ2v) is 1.66. The Labute approximate surface area is 28.0 Å². The zero-order valence-corrected chi connectivity index (χ0v) is 4.47. The van der Waals surface area contributed by atoms with Crippen molar-refractivity contribution in [2.75, 3.05) is 0 Å². The van der Waals surface area contributed by atoms with Crippen molar-refractivity contribution >= 4 is 16.8 Å². The maximum absolute atomic E-state index is 7.67. The molecule has 0 unspecified atom stereocenters. The summed E-state index contributed by atoms with van der Waals surface area (Å²) >= 11 is 0. The van der Waals surface area contributed by atoms with E-state index in [1.165, 1.54) is 0 Å². The Morgan fingerprint density at radius 2 is 1.50 bits per heavy atom. The molecule has 0 saturated carbocycles. The summed E-state index contributed by atoms with van der Waals surface area (Å²) < 4.78 is 0. The minimum atomic E-state index is -1.03. The molecular weight excluding hydrogens is 70.9 g/mol. The fraction of sp³-hybridized carbons (Fsp3) is 0. The van der Waals surface area contributed by atoms with Crippen LogP contribution < -0.4 is 0 Å². The van der Waals surface area contributed by atoms with Crippen LogP contribution in [-0.4, -0.2) is 26.9 Å². The number of rotatable bonds is 0. The van der Waals surface area contributed by atoms with Crippen LogP contribution in [0.1, 0.15) is 0 Å². The minimum Gasteiger partial charge on any atom is -0.431 e. The Morgan fingerprint density at radius 1 is 1.50 bits per heavy atom. The normalized spacial score (nSPS) is 7.50. The van der Waals surface area contributed by atoms with Crippen molar-refractivity contribution in [2.24, 2.45) is 0 Å². The molecule has 0 aliphatic heterocycles. The molecule has 0 aliphatic rings. The van der Waals surface area contributed by atoms with E-state index in [1.807, 2.05) is 0 Å². The quantitative estimate of drug-likeness (QED) is 0.309. The van der Waals surface area contributed by atoms with Crippen molar-refractivity contribution in [3.05, 3.63) is 0 Å². The van der Waals surface area contributed by atoms with Crippen LogP contribution >= 0.6 is 0 Å². The van der Waals surface area contributed by atoms with Crippen LogP contribution in [0.4, 0.5) is 0 Å². The Balaban J connectivity index is 2.32. The molecule has 2 nitrogen and oxygen atoms in total. The standard InChI is InChI=1S/BH5O2Si/c2-1(3)4/h2-3H,4H3. The maximum Gasteiger partial charge on any atom is 0.414 e. The first-order chi connectivity index (χ1) is 1.73. The van der Waals surface area contributed by atoms with Gasteiger partial charge in [0.25, 0.3) is 0 Å². The Bertz CT molecular complexity index is 10.8. The smallest absolute Gasteiger partial charge is 0.414 e. The third-order valence-corrected chi connectivity index (χ3v) is 0. The Morgan fingerprint density at radius 3 is 1.50 bits per heavy atom. The molecule has 0 saturated heterocycles. The highest BCUT2D eigenvalue weighted by atomic mass is 28.1. The van der Waals surface area contributed by atoms with Gasteiger partial charge in [-0.1, -0.05) is 0 Å². The molecule has 0 aromatic carbocycles. The van der Waals surface area contributed by atoms with Gasteiger partial charge in [-0.15, -0.1) is 0 Å². The summed E-state index contributed by atoms with van der Waals surface area (Å²) in [5.41, 5.74) is 0. The monoisotopic (exact) mass is 76.0 g/mol. The van der Waals surface area contributed by atoms with E-state index in [9.17, 15) is 0 Å². The van der Waals surface area contributed by atoms with Gasteiger partial charge in [-0.3, -0.25) is 0 Å². The van der Waals surface area contributed by atoms with E-state index >= 15 is 0 Å². The van der Waals surface area contributed by atoms with Crippen LogP contribution in [-0.2, 0) is 0 Å². The second kappa shape index (κ2) is 1.51. The van der Waals surface area contributed by atoms with Crippen LogP contribution in [0, 0.1) is 0 Å². The molecule has 0 fully saturated rings. The number of hydrogen-bond donors (Lipinski definition) is 2. The largest absolute Gasteiger partial charge is 0.431 e. The molecule has 0 aromatic rings. The predicted octanol–water partition coefficient (Wildman–Crippen LogP) is -2.68. The van der Waals surface area contributed by atoms with E-state index in [0.717, 1.165) is 0 Å². The lowest BCUT2D eigenvalue weighted by molar-refractivity contribution is 0.435. The third-order valence-electron chi connectivity index (χ3n) is 0. The molecule has 2 N–H and O–H groups in total. The van der Waals surface area contributed by atoms with Crippen molar-refractivity contribution in [1.82, 2.24) is 0 Å². The van der Waals surface area contributed by atoms with Crippen LogP contribution in [0.25, 0.3) is 0 Å². The van der Waals surface area contributed by atoms with E-state index in [1.54, 1.807) is 0 Å². The van der Waals surface area contributed by atoms with E-state index < -0.39 is 6.71 Å². The Hall–Kier alpha value is 0.202. The number of hydrogen-bond acceptors (Lipinski definition) is 2. The molecule has 4 heavy (non-hydrogen) atoms. The van der Waals surface area contributed by atoms with Crippen molar-refractivity contribution in [3.63, 3.8) is 0 Å². The van der Waals surface area contributed by atoms with Gasteiger partial charge in [-0.25, -0.2) is 0 Å². The molecule has 0 atom stereocenters. The van der Waals surface area contributed by atoms with Gasteiger partial charge in [0.2, 0.25) is 0 Å². The first-order valence-electron chi connectivity index (χ1n) is 1.09. The van der Waals surface area contributed by atoms with Crippen LogP contribution in [0.15, 0.2) is 0 Å². The molecule has 4 heteroatoms. The second-order valence-electron chi connectivity index (χ2n) is 0.632. The average Bonchev–Trinajstić information content (AvgIpc) is 0.811. The van der Waals surface area contributed by atoms with E-state index in [0.29, 0.717) is 10.1 Å². The zero-order valence-electron chi connectivity index (χ0n) is 2.47. The minimum absolute atomic E-state index is 0.460. The van der Waals surface area contributed by atoms with Gasteiger partial charge in [0, 0.05) is 0 Å². The van der Waals surface area contributed by atoms with Crippen LogP contribution in [0.3, 0.4) is 0 Å². The summed E-state index contributed by atoms with van der Waals surface area (Å²) in [6, 6.07) is 0. The van der Waals surface area contributed by atoms with E-state index in [2.05, 4.69) is 0 Å². The highest BCUT2D eigenvalue weighted by Crippen LogP contribution is 1.38. The first-order valence-corrected chi connectivity index (χ1v) is 2.25. The third kappa shape index (κ3) is 78.1. The van der Waals surface area contributed by atoms with E-state index in [-0.39, 0.29) is 0 Å². The highest BCUT2D eigenvalue weighted by molar-refractivity contribution is 6.93. The van der Waals surface area contributed by atoms with Crippen molar-refractivity contribution in [1.29, 1.82) is 0 Å². The molecule has 0 amide bonds. The summed E-state index contributed by atoms with van der Waals surface area (Å²) in [6.45, 7) is -1.03. The average molecular weight is 75.9 g/mol. The molecule has 0 spiro atoms. The Kier molecular flexibility index (Phi) is 1.59. The van der Waals surface area contributed by atoms with Crippen molar-refractivity contribution in [3.8, 4) is 0 Å². The predicted molar refractivity (Wildman–Crippen MR) is 20.1 cm³/mol. The van der Waals surface area contributed by atoms with E-state index in [4.69, 9.17) is 10.0 Å². The maximum atomic E-state index is 7.67. The first kappa shape index (κ1) is 4.20. The molecule has 0 aliphatic carbocycles. The topological polar surface area (TPSA) is 40.5 Å². The molecule has 0 radical (unpaired) electrons. The zero-order chi connectivity index (χ0) is 3.58. The van der Waals surface area contributed by atoms with Gasteiger partial charge >= 0.3 is 6.71 Å².